The fourth-order valence-corrected chi connectivity index (χ4v) is 1.98. The van der Waals surface area contributed by atoms with Gasteiger partial charge in [-0.15, -0.1) is 11.3 Å². The van der Waals surface area contributed by atoms with Crippen molar-refractivity contribution in [3.63, 3.8) is 0 Å². The van der Waals surface area contributed by atoms with Gasteiger partial charge in [-0.1, -0.05) is 0 Å². The lowest BCUT2D eigenvalue weighted by molar-refractivity contribution is 1.44. The maximum atomic E-state index is 7.48. The standard InChI is InChI=1S/C10H8N2S/c1-12-10(11)8-2-3-9-7(6-8)4-5-13-9/h2-6,11H,1H2. The van der Waals surface area contributed by atoms with Crippen LogP contribution in [0.25, 0.3) is 10.1 Å². The van der Waals surface area contributed by atoms with Crippen LogP contribution in [0.1, 0.15) is 5.56 Å². The molecule has 1 aromatic heterocycles. The maximum absolute atomic E-state index is 7.48. The van der Waals surface area contributed by atoms with Crippen LogP contribution in [0.5, 0.6) is 0 Å². The van der Waals surface area contributed by atoms with Gasteiger partial charge in [0.25, 0.3) is 0 Å². The van der Waals surface area contributed by atoms with E-state index in [9.17, 15) is 0 Å². The predicted octanol–water partition coefficient (Wildman–Crippen LogP) is 2.93. The summed E-state index contributed by atoms with van der Waals surface area (Å²) in [5.74, 6) is 0.230. The van der Waals surface area contributed by atoms with Crippen molar-refractivity contribution in [3.8, 4) is 0 Å². The molecule has 1 aromatic carbocycles. The molecule has 0 bridgehead atoms. The molecule has 0 amide bonds. The normalized spacial score (nSPS) is 10.2. The summed E-state index contributed by atoms with van der Waals surface area (Å²) in [5, 5.41) is 10.7. The lowest BCUT2D eigenvalue weighted by atomic mass is 10.1. The zero-order valence-electron chi connectivity index (χ0n) is 6.95. The van der Waals surface area contributed by atoms with Gasteiger partial charge in [0.2, 0.25) is 0 Å². The Bertz CT molecular complexity index is 470. The molecule has 0 fully saturated rings. The minimum absolute atomic E-state index is 0.230. The Morgan fingerprint density at radius 1 is 1.38 bits per heavy atom. The molecule has 0 spiro atoms. The molecular formula is C10H8N2S. The van der Waals surface area contributed by atoms with E-state index in [2.05, 4.69) is 11.7 Å². The van der Waals surface area contributed by atoms with Gasteiger partial charge in [-0.25, -0.2) is 4.99 Å². The van der Waals surface area contributed by atoms with Crippen LogP contribution in [0, 0.1) is 5.41 Å². The number of fused-ring (bicyclic) bond motifs is 1. The number of nitrogens with zero attached hydrogens (tertiary/aromatic N) is 1. The lowest BCUT2D eigenvalue weighted by Gasteiger charge is -1.96. The number of benzene rings is 1. The third-order valence-corrected chi connectivity index (χ3v) is 2.78. The van der Waals surface area contributed by atoms with Gasteiger partial charge in [0, 0.05) is 10.3 Å². The summed E-state index contributed by atoms with van der Waals surface area (Å²) in [6.07, 6.45) is 0. The monoisotopic (exact) mass is 188 g/mol. The van der Waals surface area contributed by atoms with Gasteiger partial charge in [0.05, 0.1) is 0 Å². The molecule has 2 nitrogen and oxygen atoms in total. The van der Waals surface area contributed by atoms with Crippen LogP contribution in [0.3, 0.4) is 0 Å². The van der Waals surface area contributed by atoms with Crippen molar-refractivity contribution in [2.75, 3.05) is 0 Å². The summed E-state index contributed by atoms with van der Waals surface area (Å²) in [6.45, 7) is 3.33. The predicted molar refractivity (Wildman–Crippen MR) is 58.2 cm³/mol. The van der Waals surface area contributed by atoms with Crippen LogP contribution in [-0.4, -0.2) is 12.6 Å². The molecule has 0 saturated heterocycles. The second-order valence-electron chi connectivity index (χ2n) is 2.68. The summed E-state index contributed by atoms with van der Waals surface area (Å²) < 4.78 is 1.24. The number of nitrogens with one attached hydrogen (secondary N) is 1. The van der Waals surface area contributed by atoms with Crippen molar-refractivity contribution in [1.82, 2.24) is 0 Å². The Morgan fingerprint density at radius 2 is 2.23 bits per heavy atom. The van der Waals surface area contributed by atoms with Gasteiger partial charge in [0.1, 0.15) is 0 Å². The molecule has 0 unspecified atom stereocenters. The van der Waals surface area contributed by atoms with Gasteiger partial charge in [-0.3, -0.25) is 5.41 Å². The van der Waals surface area contributed by atoms with Crippen LogP contribution in [0.15, 0.2) is 34.6 Å². The van der Waals surface area contributed by atoms with Gasteiger partial charge in [0.15, 0.2) is 5.84 Å². The first kappa shape index (κ1) is 8.13. The number of thiophene rings is 1. The Labute approximate surface area is 80.1 Å². The Kier molecular flexibility index (Phi) is 1.94. The molecule has 0 aliphatic carbocycles. The second-order valence-corrected chi connectivity index (χ2v) is 3.63. The topological polar surface area (TPSA) is 36.2 Å². The van der Waals surface area contributed by atoms with Gasteiger partial charge in [-0.05, 0) is 41.7 Å². The molecule has 13 heavy (non-hydrogen) atoms. The first-order valence-electron chi connectivity index (χ1n) is 3.84. The summed E-state index contributed by atoms with van der Waals surface area (Å²) >= 11 is 1.70. The largest absolute Gasteiger partial charge is 0.282 e. The van der Waals surface area contributed by atoms with E-state index in [1.54, 1.807) is 11.3 Å². The van der Waals surface area contributed by atoms with Crippen LogP contribution in [0.2, 0.25) is 0 Å². The van der Waals surface area contributed by atoms with Crippen molar-refractivity contribution in [1.29, 1.82) is 5.41 Å². The third-order valence-electron chi connectivity index (χ3n) is 1.88. The van der Waals surface area contributed by atoms with Crippen molar-refractivity contribution < 1.29 is 0 Å². The third kappa shape index (κ3) is 1.38. The minimum Gasteiger partial charge on any atom is -0.282 e. The molecule has 1 heterocycles. The Hall–Kier alpha value is -1.48. The first-order chi connectivity index (χ1) is 6.31. The molecule has 64 valence electrons. The summed E-state index contributed by atoms with van der Waals surface area (Å²) in [5.41, 5.74) is 0.820. The molecular weight excluding hydrogens is 180 g/mol. The highest BCUT2D eigenvalue weighted by Gasteiger charge is 2.00. The van der Waals surface area contributed by atoms with E-state index in [0.29, 0.717) is 0 Å². The maximum Gasteiger partial charge on any atom is 0.151 e. The van der Waals surface area contributed by atoms with E-state index < -0.39 is 0 Å². The highest BCUT2D eigenvalue weighted by atomic mass is 32.1. The summed E-state index contributed by atoms with van der Waals surface area (Å²) in [4.78, 5) is 3.59. The smallest absolute Gasteiger partial charge is 0.151 e. The second kappa shape index (κ2) is 3.11. The SMILES string of the molecule is C=NC(=N)c1ccc2sccc2c1. The van der Waals surface area contributed by atoms with E-state index in [0.717, 1.165) is 10.9 Å². The van der Waals surface area contributed by atoms with Gasteiger partial charge in [-0.2, -0.15) is 0 Å². The number of amidine groups is 1. The van der Waals surface area contributed by atoms with Crippen LogP contribution >= 0.6 is 11.3 Å². The van der Waals surface area contributed by atoms with Crippen molar-refractivity contribution in [3.05, 3.63) is 35.2 Å². The first-order valence-corrected chi connectivity index (χ1v) is 4.72. The number of rotatable bonds is 1. The van der Waals surface area contributed by atoms with Crippen molar-refractivity contribution in [2.45, 2.75) is 0 Å². The molecule has 0 aliphatic heterocycles. The van der Waals surface area contributed by atoms with E-state index in [-0.39, 0.29) is 5.84 Å². The minimum atomic E-state index is 0.230. The van der Waals surface area contributed by atoms with E-state index in [1.165, 1.54) is 4.70 Å². The number of hydrogen-bond acceptors (Lipinski definition) is 2. The summed E-state index contributed by atoms with van der Waals surface area (Å²) in [7, 11) is 0. The highest BCUT2D eigenvalue weighted by molar-refractivity contribution is 7.17. The molecule has 0 radical (unpaired) electrons. The van der Waals surface area contributed by atoms with Gasteiger partial charge >= 0.3 is 0 Å². The fourth-order valence-electron chi connectivity index (χ4n) is 1.21. The fraction of sp³-hybridized carbons (Fsp3) is 0. The highest BCUT2D eigenvalue weighted by Crippen LogP contribution is 2.21. The van der Waals surface area contributed by atoms with Gasteiger partial charge < -0.3 is 0 Å². The summed E-state index contributed by atoms with van der Waals surface area (Å²) in [6, 6.07) is 7.91. The molecule has 2 rings (SSSR count). The molecule has 0 aliphatic rings. The molecule has 0 saturated carbocycles. The Morgan fingerprint density at radius 3 is 3.00 bits per heavy atom. The van der Waals surface area contributed by atoms with Crippen molar-refractivity contribution >= 4 is 34.0 Å². The van der Waals surface area contributed by atoms with Crippen molar-refractivity contribution in [2.24, 2.45) is 4.99 Å². The van der Waals surface area contributed by atoms with Crippen LogP contribution in [-0.2, 0) is 0 Å². The Balaban J connectivity index is 2.60. The number of aliphatic imine (C=N–C) groups is 1. The molecule has 3 heteroatoms. The molecule has 2 aromatic rings. The number of hydrogen-bond donors (Lipinski definition) is 1. The zero-order chi connectivity index (χ0) is 9.26. The molecule has 0 atom stereocenters. The van der Waals surface area contributed by atoms with Crippen LogP contribution < -0.4 is 0 Å². The average Bonchev–Trinajstić information content (AvgIpc) is 2.63. The van der Waals surface area contributed by atoms with E-state index in [4.69, 9.17) is 5.41 Å². The van der Waals surface area contributed by atoms with Crippen LogP contribution in [0.4, 0.5) is 0 Å². The lowest BCUT2D eigenvalue weighted by Crippen LogP contribution is -1.92. The zero-order valence-corrected chi connectivity index (χ0v) is 7.77. The molecule has 1 N–H and O–H groups in total. The van der Waals surface area contributed by atoms with E-state index in [1.807, 2.05) is 29.6 Å². The average molecular weight is 188 g/mol. The van der Waals surface area contributed by atoms with E-state index >= 15 is 0 Å². The quantitative estimate of drug-likeness (QED) is 0.527.